The second kappa shape index (κ2) is 5.12. The maximum Gasteiger partial charge on any atom is 0.339 e. The molecule has 0 unspecified atom stereocenters. The summed E-state index contributed by atoms with van der Waals surface area (Å²) in [6.45, 7) is 1.47. The quantitative estimate of drug-likeness (QED) is 0.804. The van der Waals surface area contributed by atoms with Gasteiger partial charge in [0, 0.05) is 0 Å². The summed E-state index contributed by atoms with van der Waals surface area (Å²) in [5.74, 6) is -3.14. The van der Waals surface area contributed by atoms with Gasteiger partial charge in [-0.05, 0) is 24.6 Å². The minimum absolute atomic E-state index is 0.137. The number of nitrogen functional groups attached to an aromatic ring is 1. The summed E-state index contributed by atoms with van der Waals surface area (Å²) in [5.41, 5.74) is 5.07. The molecule has 0 bridgehead atoms. The Morgan fingerprint density at radius 2 is 2.10 bits per heavy atom. The molecule has 1 aromatic carbocycles. The molecule has 1 aromatic heterocycles. The highest BCUT2D eigenvalue weighted by atomic mass is 19.1. The number of aromatic carboxylic acids is 1. The van der Waals surface area contributed by atoms with Crippen LogP contribution in [0.25, 0.3) is 0 Å². The molecule has 5 nitrogen and oxygen atoms in total. The number of carboxylic acids is 1. The zero-order valence-corrected chi connectivity index (χ0v) is 10.4. The molecule has 104 valence electrons. The number of rotatable bonds is 3. The molecule has 20 heavy (non-hydrogen) atoms. The van der Waals surface area contributed by atoms with Crippen LogP contribution in [0.2, 0.25) is 0 Å². The number of anilines is 3. The smallest absolute Gasteiger partial charge is 0.339 e. The SMILES string of the molecule is Cc1ccc(F)c(Nc2ncc(N)cc2C(=O)O)c1F. The van der Waals surface area contributed by atoms with Gasteiger partial charge in [0.05, 0.1) is 11.9 Å². The Morgan fingerprint density at radius 1 is 1.40 bits per heavy atom. The fraction of sp³-hybridized carbons (Fsp3) is 0.0769. The lowest BCUT2D eigenvalue weighted by Gasteiger charge is -2.12. The number of pyridine rings is 1. The summed E-state index contributed by atoms with van der Waals surface area (Å²) in [7, 11) is 0. The highest BCUT2D eigenvalue weighted by Gasteiger charge is 2.17. The van der Waals surface area contributed by atoms with Crippen molar-refractivity contribution in [3.8, 4) is 0 Å². The first-order valence-electron chi connectivity index (χ1n) is 5.60. The summed E-state index contributed by atoms with van der Waals surface area (Å²) in [6.07, 6.45) is 1.19. The monoisotopic (exact) mass is 279 g/mol. The number of benzene rings is 1. The van der Waals surface area contributed by atoms with Crippen LogP contribution in [0, 0.1) is 18.6 Å². The van der Waals surface area contributed by atoms with Gasteiger partial charge in [-0.15, -0.1) is 0 Å². The van der Waals surface area contributed by atoms with Crippen molar-refractivity contribution in [1.82, 2.24) is 4.98 Å². The molecular formula is C13H11F2N3O2. The van der Waals surface area contributed by atoms with Crippen LogP contribution < -0.4 is 11.1 Å². The average molecular weight is 279 g/mol. The van der Waals surface area contributed by atoms with Crippen molar-refractivity contribution in [3.63, 3.8) is 0 Å². The second-order valence-electron chi connectivity index (χ2n) is 4.15. The lowest BCUT2D eigenvalue weighted by molar-refractivity contribution is 0.0697. The van der Waals surface area contributed by atoms with E-state index < -0.39 is 23.3 Å². The number of hydrogen-bond acceptors (Lipinski definition) is 4. The van der Waals surface area contributed by atoms with Gasteiger partial charge in [0.1, 0.15) is 22.9 Å². The molecule has 0 aliphatic heterocycles. The summed E-state index contributed by atoms with van der Waals surface area (Å²) in [6, 6.07) is 3.52. The van der Waals surface area contributed by atoms with Crippen LogP contribution in [-0.4, -0.2) is 16.1 Å². The molecule has 2 rings (SSSR count). The van der Waals surface area contributed by atoms with Crippen LogP contribution in [0.1, 0.15) is 15.9 Å². The number of nitrogens with two attached hydrogens (primary N) is 1. The minimum Gasteiger partial charge on any atom is -0.478 e. The van der Waals surface area contributed by atoms with Gasteiger partial charge in [-0.1, -0.05) is 6.07 Å². The number of nitrogens with zero attached hydrogens (tertiary/aromatic N) is 1. The predicted molar refractivity (Wildman–Crippen MR) is 70.0 cm³/mol. The normalized spacial score (nSPS) is 10.3. The number of aryl methyl sites for hydroxylation is 1. The number of carbonyl (C=O) groups is 1. The van der Waals surface area contributed by atoms with Gasteiger partial charge >= 0.3 is 5.97 Å². The summed E-state index contributed by atoms with van der Waals surface area (Å²) in [5, 5.41) is 11.4. The fourth-order valence-corrected chi connectivity index (χ4v) is 1.63. The average Bonchev–Trinajstić information content (AvgIpc) is 2.40. The van der Waals surface area contributed by atoms with Gasteiger partial charge in [0.25, 0.3) is 0 Å². The Bertz CT molecular complexity index is 690. The van der Waals surface area contributed by atoms with Gasteiger partial charge in [0.2, 0.25) is 0 Å². The Morgan fingerprint density at radius 3 is 2.75 bits per heavy atom. The van der Waals surface area contributed by atoms with Crippen molar-refractivity contribution in [2.24, 2.45) is 0 Å². The van der Waals surface area contributed by atoms with Crippen LogP contribution in [-0.2, 0) is 0 Å². The molecule has 0 aliphatic carbocycles. The molecule has 0 spiro atoms. The molecule has 4 N–H and O–H groups in total. The molecule has 7 heteroatoms. The van der Waals surface area contributed by atoms with E-state index in [1.54, 1.807) is 0 Å². The molecule has 0 atom stereocenters. The zero-order chi connectivity index (χ0) is 14.9. The lowest BCUT2D eigenvalue weighted by atomic mass is 10.2. The Balaban J connectivity index is 2.51. The minimum atomic E-state index is -1.30. The lowest BCUT2D eigenvalue weighted by Crippen LogP contribution is -2.08. The maximum absolute atomic E-state index is 13.9. The van der Waals surface area contributed by atoms with Crippen LogP contribution in [0.5, 0.6) is 0 Å². The molecule has 0 aliphatic rings. The van der Waals surface area contributed by atoms with Gasteiger partial charge in [-0.3, -0.25) is 0 Å². The summed E-state index contributed by atoms with van der Waals surface area (Å²) >= 11 is 0. The standard InChI is InChI=1S/C13H11F2N3O2/c1-6-2-3-9(14)11(10(6)15)18-12-8(13(19)20)4-7(16)5-17-12/h2-5H,16H2,1H3,(H,17,18)(H,19,20). The third kappa shape index (κ3) is 2.51. The van der Waals surface area contributed by atoms with Crippen molar-refractivity contribution >= 4 is 23.2 Å². The van der Waals surface area contributed by atoms with Crippen molar-refractivity contribution in [2.75, 3.05) is 11.1 Å². The van der Waals surface area contributed by atoms with Gasteiger partial charge in [-0.25, -0.2) is 18.6 Å². The topological polar surface area (TPSA) is 88.2 Å². The molecular weight excluding hydrogens is 268 g/mol. The van der Waals surface area contributed by atoms with E-state index in [1.807, 2.05) is 0 Å². The Kier molecular flexibility index (Phi) is 3.51. The second-order valence-corrected chi connectivity index (χ2v) is 4.15. The van der Waals surface area contributed by atoms with Crippen molar-refractivity contribution < 1.29 is 18.7 Å². The molecule has 1 heterocycles. The van der Waals surface area contributed by atoms with Crippen LogP contribution in [0.15, 0.2) is 24.4 Å². The molecule has 0 saturated carbocycles. The summed E-state index contributed by atoms with van der Waals surface area (Å²) in [4.78, 5) is 14.8. The van der Waals surface area contributed by atoms with Gasteiger partial charge in [-0.2, -0.15) is 0 Å². The van der Waals surface area contributed by atoms with E-state index in [4.69, 9.17) is 10.8 Å². The van der Waals surface area contributed by atoms with Crippen LogP contribution >= 0.6 is 0 Å². The number of halogens is 2. The van der Waals surface area contributed by atoms with Gasteiger partial charge < -0.3 is 16.2 Å². The van der Waals surface area contributed by atoms with Crippen molar-refractivity contribution in [1.29, 1.82) is 0 Å². The fourth-order valence-electron chi connectivity index (χ4n) is 1.63. The molecule has 0 saturated heterocycles. The van der Waals surface area contributed by atoms with E-state index in [0.29, 0.717) is 0 Å². The van der Waals surface area contributed by atoms with Crippen molar-refractivity contribution in [2.45, 2.75) is 6.92 Å². The van der Waals surface area contributed by atoms with Crippen LogP contribution in [0.4, 0.5) is 26.0 Å². The third-order valence-electron chi connectivity index (χ3n) is 2.67. The van der Waals surface area contributed by atoms with E-state index in [1.165, 1.54) is 19.2 Å². The highest BCUT2D eigenvalue weighted by molar-refractivity contribution is 5.95. The highest BCUT2D eigenvalue weighted by Crippen LogP contribution is 2.27. The number of nitrogens with one attached hydrogen (secondary N) is 1. The first kappa shape index (κ1) is 13.7. The van der Waals surface area contributed by atoms with E-state index >= 15 is 0 Å². The number of hydrogen-bond donors (Lipinski definition) is 3. The predicted octanol–water partition coefficient (Wildman–Crippen LogP) is 2.69. The molecule has 0 radical (unpaired) electrons. The molecule has 2 aromatic rings. The zero-order valence-electron chi connectivity index (χ0n) is 10.4. The van der Waals surface area contributed by atoms with Crippen LogP contribution in [0.3, 0.4) is 0 Å². The largest absolute Gasteiger partial charge is 0.478 e. The summed E-state index contributed by atoms with van der Waals surface area (Å²) < 4.78 is 27.5. The molecule has 0 fully saturated rings. The van der Waals surface area contributed by atoms with Crippen molar-refractivity contribution in [3.05, 3.63) is 47.2 Å². The molecule has 0 amide bonds. The van der Waals surface area contributed by atoms with E-state index in [0.717, 1.165) is 12.1 Å². The van der Waals surface area contributed by atoms with E-state index in [-0.39, 0.29) is 22.6 Å². The first-order valence-corrected chi connectivity index (χ1v) is 5.60. The number of aromatic nitrogens is 1. The first-order chi connectivity index (χ1) is 9.40. The Hall–Kier alpha value is -2.70. The van der Waals surface area contributed by atoms with Gasteiger partial charge in [0.15, 0.2) is 5.82 Å². The maximum atomic E-state index is 13.9. The third-order valence-corrected chi connectivity index (χ3v) is 2.67. The Labute approximate surface area is 113 Å². The number of carboxylic acid groups (broad SMARTS) is 1. The van der Waals surface area contributed by atoms with E-state index in [9.17, 15) is 13.6 Å². The van der Waals surface area contributed by atoms with E-state index in [2.05, 4.69) is 10.3 Å².